The van der Waals surface area contributed by atoms with E-state index in [0.29, 0.717) is 16.7 Å². The van der Waals surface area contributed by atoms with Gasteiger partial charge in [0.1, 0.15) is 54.0 Å². The maximum atomic E-state index is 13.1. The summed E-state index contributed by atoms with van der Waals surface area (Å²) in [7, 11) is 1.35. The van der Waals surface area contributed by atoms with Gasteiger partial charge in [-0.25, -0.2) is 9.59 Å². The number of phenolic OH excluding ortho intramolecular Hbond substituents is 5. The van der Waals surface area contributed by atoms with E-state index in [-0.39, 0.29) is 52.2 Å². The van der Waals surface area contributed by atoms with E-state index in [4.69, 9.17) is 28.4 Å². The Morgan fingerprint density at radius 2 is 1.45 bits per heavy atom. The van der Waals surface area contributed by atoms with Crippen LogP contribution in [0, 0.1) is 0 Å². The average Bonchev–Trinajstić information content (AvgIpc) is 3.17. The third-order valence-electron chi connectivity index (χ3n) is 8.95. The van der Waals surface area contributed by atoms with E-state index in [1.165, 1.54) is 79.9 Å². The minimum atomic E-state index is -1.88. The third kappa shape index (κ3) is 9.07. The van der Waals surface area contributed by atoms with Gasteiger partial charge in [0, 0.05) is 36.3 Å². The molecular weight excluding hydrogens is 736 g/mol. The largest absolute Gasteiger partial charge is 0.508 e. The van der Waals surface area contributed by atoms with Crippen LogP contribution in [0.15, 0.2) is 84.9 Å². The zero-order valence-corrected chi connectivity index (χ0v) is 29.5. The molecule has 1 fully saturated rings. The number of carbonyl (C=O) groups is 2. The number of methoxy groups -OCH3 is 1. The van der Waals surface area contributed by atoms with Gasteiger partial charge in [-0.05, 0) is 65.2 Å². The summed E-state index contributed by atoms with van der Waals surface area (Å²) in [6.07, 6.45) is -6.06. The lowest BCUT2D eigenvalue weighted by molar-refractivity contribution is -0.282. The normalized spacial score (nSPS) is 23.2. The number of rotatable bonds is 11. The maximum Gasteiger partial charge on any atom is 0.331 e. The molecule has 2 aliphatic heterocycles. The van der Waals surface area contributed by atoms with Gasteiger partial charge >= 0.3 is 11.9 Å². The van der Waals surface area contributed by atoms with Crippen molar-refractivity contribution in [2.75, 3.05) is 13.7 Å². The number of aromatic hydroxyl groups is 5. The van der Waals surface area contributed by atoms with E-state index in [2.05, 4.69) is 0 Å². The van der Waals surface area contributed by atoms with Crippen LogP contribution in [0.1, 0.15) is 28.4 Å². The molecule has 294 valence electrons. The first-order valence-corrected chi connectivity index (χ1v) is 17.1. The molecule has 0 amide bonds. The lowest BCUT2D eigenvalue weighted by Gasteiger charge is -2.41. The SMILES string of the molecule is COc1cc(/C=C/C(=O)O[C@H]2[C@H](Oc3cc(O)cc4c3C[C@@H](O)[C@@H](c3ccc(O)c(O)c3)O4)O[C@H](COC(=O)/C=C/c3ccc(O)cc3)[C@@H](O)[C@@H]2O)ccc1O. The highest BCUT2D eigenvalue weighted by Crippen LogP contribution is 2.44. The van der Waals surface area contributed by atoms with Gasteiger partial charge in [-0.15, -0.1) is 0 Å². The van der Waals surface area contributed by atoms with Crippen LogP contribution in [-0.2, 0) is 30.2 Å². The number of aliphatic hydroxyl groups excluding tert-OH is 3. The molecule has 1 saturated heterocycles. The lowest BCUT2D eigenvalue weighted by atomic mass is 9.93. The molecule has 4 aromatic rings. The number of aliphatic hydroxyl groups is 3. The zero-order valence-electron chi connectivity index (χ0n) is 29.5. The first kappa shape index (κ1) is 39.2. The molecule has 2 aliphatic rings. The highest BCUT2D eigenvalue weighted by molar-refractivity contribution is 5.88. The standard InChI is InChI=1S/C40H38O16/c1-51-32-14-21(4-10-27(32)44)6-13-35(48)56-39-37(50)36(49)33(19-52-34(47)12-5-20-2-8-23(41)9-3-20)55-40(39)54-31-17-24(42)16-30-25(31)18-29(46)38(53-30)22-7-11-26(43)28(45)15-22/h2-17,29,33,36-46,49-50H,18-19H2,1H3/b12-5+,13-6+/t29-,33-,36-,37+,38-,39-,40-/m1/s1. The number of ether oxygens (including phenoxy) is 6. The Hall–Kier alpha value is -6.46. The van der Waals surface area contributed by atoms with Gasteiger partial charge in [-0.1, -0.05) is 24.3 Å². The zero-order chi connectivity index (χ0) is 40.1. The lowest BCUT2D eigenvalue weighted by Crippen LogP contribution is -2.61. The number of hydrogen-bond acceptors (Lipinski definition) is 16. The molecule has 16 heteroatoms. The van der Waals surface area contributed by atoms with E-state index in [1.807, 2.05) is 0 Å². The van der Waals surface area contributed by atoms with Crippen molar-refractivity contribution in [3.05, 3.63) is 107 Å². The van der Waals surface area contributed by atoms with Crippen molar-refractivity contribution in [1.82, 2.24) is 0 Å². The molecule has 0 unspecified atom stereocenters. The number of esters is 2. The predicted octanol–water partition coefficient (Wildman–Crippen LogP) is 2.97. The van der Waals surface area contributed by atoms with Crippen LogP contribution in [0.25, 0.3) is 12.2 Å². The van der Waals surface area contributed by atoms with Crippen LogP contribution >= 0.6 is 0 Å². The van der Waals surface area contributed by atoms with Crippen LogP contribution < -0.4 is 14.2 Å². The monoisotopic (exact) mass is 774 g/mol. The fourth-order valence-corrected chi connectivity index (χ4v) is 6.04. The van der Waals surface area contributed by atoms with Crippen LogP contribution in [-0.4, -0.2) is 103 Å². The fourth-order valence-electron chi connectivity index (χ4n) is 6.04. The number of hydrogen-bond donors (Lipinski definition) is 8. The van der Waals surface area contributed by atoms with Crippen molar-refractivity contribution < 1.29 is 78.9 Å². The molecule has 6 rings (SSSR count). The van der Waals surface area contributed by atoms with Gasteiger partial charge in [-0.3, -0.25) is 0 Å². The molecule has 0 bridgehead atoms. The van der Waals surface area contributed by atoms with E-state index in [9.17, 15) is 50.4 Å². The number of fused-ring (bicyclic) bond motifs is 1. The maximum absolute atomic E-state index is 13.1. The van der Waals surface area contributed by atoms with Crippen LogP contribution in [0.4, 0.5) is 0 Å². The summed E-state index contributed by atoms with van der Waals surface area (Å²) in [5, 5.41) is 83.2. The van der Waals surface area contributed by atoms with Gasteiger partial charge in [-0.2, -0.15) is 0 Å². The van der Waals surface area contributed by atoms with E-state index in [0.717, 1.165) is 12.2 Å². The quantitative estimate of drug-likeness (QED) is 0.0620. The van der Waals surface area contributed by atoms with Crippen molar-refractivity contribution >= 4 is 24.1 Å². The van der Waals surface area contributed by atoms with Crippen LogP contribution in [0.2, 0.25) is 0 Å². The average molecular weight is 775 g/mol. The van der Waals surface area contributed by atoms with E-state index >= 15 is 0 Å². The first-order valence-electron chi connectivity index (χ1n) is 17.1. The molecule has 16 nitrogen and oxygen atoms in total. The second-order valence-corrected chi connectivity index (χ2v) is 12.8. The molecule has 0 aromatic heterocycles. The minimum Gasteiger partial charge on any atom is -0.508 e. The van der Waals surface area contributed by atoms with Gasteiger partial charge < -0.3 is 69.3 Å². The van der Waals surface area contributed by atoms with Crippen LogP contribution in [0.5, 0.6) is 46.0 Å². The molecule has 0 radical (unpaired) electrons. The summed E-state index contributed by atoms with van der Waals surface area (Å²) in [5.41, 5.74) is 1.57. The highest BCUT2D eigenvalue weighted by Gasteiger charge is 2.49. The molecule has 7 atom stereocenters. The Morgan fingerprint density at radius 1 is 0.750 bits per heavy atom. The molecule has 0 spiro atoms. The summed E-state index contributed by atoms with van der Waals surface area (Å²) >= 11 is 0. The Labute approximate surface area is 318 Å². The van der Waals surface area contributed by atoms with Crippen molar-refractivity contribution in [3.63, 3.8) is 0 Å². The molecule has 4 aromatic carbocycles. The van der Waals surface area contributed by atoms with Gasteiger partial charge in [0.05, 0.1) is 13.2 Å². The third-order valence-corrected chi connectivity index (χ3v) is 8.95. The van der Waals surface area contributed by atoms with E-state index < -0.39 is 67.2 Å². The summed E-state index contributed by atoms with van der Waals surface area (Å²) < 4.78 is 33.9. The topological polar surface area (TPSA) is 251 Å². The molecular formula is C40H38O16. The molecule has 0 aliphatic carbocycles. The second kappa shape index (κ2) is 16.9. The first-order chi connectivity index (χ1) is 26.8. The van der Waals surface area contributed by atoms with Gasteiger partial charge in [0.25, 0.3) is 0 Å². The van der Waals surface area contributed by atoms with Crippen molar-refractivity contribution in [2.24, 2.45) is 0 Å². The van der Waals surface area contributed by atoms with Crippen molar-refractivity contribution in [2.45, 2.75) is 49.3 Å². The second-order valence-electron chi connectivity index (χ2n) is 12.8. The summed E-state index contributed by atoms with van der Waals surface area (Å²) in [6.45, 7) is -0.596. The summed E-state index contributed by atoms with van der Waals surface area (Å²) in [6, 6.07) is 16.6. The smallest absolute Gasteiger partial charge is 0.331 e. The van der Waals surface area contributed by atoms with Crippen LogP contribution in [0.3, 0.4) is 0 Å². The fraction of sp³-hybridized carbons (Fsp3) is 0.250. The molecule has 8 N–H and O–H groups in total. The van der Waals surface area contributed by atoms with Crippen molar-refractivity contribution in [3.8, 4) is 46.0 Å². The highest BCUT2D eigenvalue weighted by atomic mass is 16.7. The van der Waals surface area contributed by atoms with Gasteiger partial charge in [0.15, 0.2) is 29.1 Å². The minimum absolute atomic E-state index is 0.0378. The molecule has 56 heavy (non-hydrogen) atoms. The number of benzene rings is 4. The Balaban J connectivity index is 1.24. The molecule has 2 heterocycles. The van der Waals surface area contributed by atoms with Crippen molar-refractivity contribution in [1.29, 1.82) is 0 Å². The Kier molecular flexibility index (Phi) is 11.9. The van der Waals surface area contributed by atoms with E-state index in [1.54, 1.807) is 12.1 Å². The summed E-state index contributed by atoms with van der Waals surface area (Å²) in [4.78, 5) is 25.7. The number of phenols is 5. The Bertz CT molecular complexity index is 2110. The Morgan fingerprint density at radius 3 is 2.18 bits per heavy atom. The summed E-state index contributed by atoms with van der Waals surface area (Å²) in [5.74, 6) is -3.02. The predicted molar refractivity (Wildman–Crippen MR) is 194 cm³/mol. The number of carbonyl (C=O) groups excluding carboxylic acids is 2. The molecule has 0 saturated carbocycles. The van der Waals surface area contributed by atoms with Gasteiger partial charge in [0.2, 0.25) is 6.29 Å².